The number of carbonyl (C=O) groups is 1. The number of hydrogen-bond donors (Lipinski definition) is 3. The first-order valence-corrected chi connectivity index (χ1v) is 12.5. The number of benzene rings is 3. The van der Waals surface area contributed by atoms with Crippen LogP contribution in [0.4, 0.5) is 5.69 Å². The lowest BCUT2D eigenvalue weighted by molar-refractivity contribution is -0.117. The Morgan fingerprint density at radius 3 is 2.06 bits per heavy atom. The Morgan fingerprint density at radius 2 is 1.43 bits per heavy atom. The molecule has 0 radical (unpaired) electrons. The van der Waals surface area contributed by atoms with Crippen molar-refractivity contribution in [2.45, 2.75) is 32.1 Å². The fourth-order valence-electron chi connectivity index (χ4n) is 4.69. The summed E-state index contributed by atoms with van der Waals surface area (Å²) in [4.78, 5) is 14.8. The number of aliphatic hydroxyl groups excluding tert-OH is 1. The number of phenolic OH excluding ortho intramolecular Hbond substituents is 1. The fourth-order valence-corrected chi connectivity index (χ4v) is 4.69. The van der Waals surface area contributed by atoms with E-state index in [1.807, 2.05) is 54.6 Å². The Balaban J connectivity index is 1.65. The molecule has 1 aliphatic heterocycles. The quantitative estimate of drug-likeness (QED) is 0.359. The molecular weight excluding hydrogens is 436 g/mol. The van der Waals surface area contributed by atoms with Crippen molar-refractivity contribution in [3.63, 3.8) is 0 Å². The highest BCUT2D eigenvalue weighted by molar-refractivity contribution is 5.99. The molecule has 1 aliphatic rings. The van der Waals surface area contributed by atoms with Gasteiger partial charge in [-0.05, 0) is 90.9 Å². The van der Waals surface area contributed by atoms with E-state index in [4.69, 9.17) is 0 Å². The molecule has 3 aromatic rings. The molecule has 1 fully saturated rings. The van der Waals surface area contributed by atoms with E-state index in [0.717, 1.165) is 59.5 Å². The van der Waals surface area contributed by atoms with Crippen molar-refractivity contribution in [3.05, 3.63) is 95.6 Å². The average molecular weight is 471 g/mol. The number of nitrogens with one attached hydrogen (secondary N) is 1. The van der Waals surface area contributed by atoms with E-state index in [-0.39, 0.29) is 18.3 Å². The van der Waals surface area contributed by atoms with Crippen LogP contribution < -0.4 is 5.32 Å². The summed E-state index contributed by atoms with van der Waals surface area (Å²) in [6.45, 7) is 2.52. The third-order valence-electron chi connectivity index (χ3n) is 6.44. The van der Waals surface area contributed by atoms with E-state index >= 15 is 0 Å². The number of amides is 1. The van der Waals surface area contributed by atoms with Gasteiger partial charge in [-0.2, -0.15) is 0 Å². The Kier molecular flexibility index (Phi) is 8.71. The fraction of sp³-hybridized carbons (Fsp3) is 0.300. The summed E-state index contributed by atoms with van der Waals surface area (Å²) in [5.74, 6) is 0.235. The van der Waals surface area contributed by atoms with E-state index in [1.165, 1.54) is 6.42 Å². The molecular formula is C30H34N2O3. The van der Waals surface area contributed by atoms with E-state index in [9.17, 15) is 15.0 Å². The molecule has 0 saturated carbocycles. The minimum absolute atomic E-state index is 0.0156. The SMILES string of the molecule is O=C(CN1CCCCC1)Nc1ccc(/C(=C(/CCCO)c2ccccc2)c2ccc(O)cc2)cc1. The molecule has 3 aromatic carbocycles. The zero-order valence-corrected chi connectivity index (χ0v) is 20.1. The average Bonchev–Trinajstić information content (AvgIpc) is 2.89. The van der Waals surface area contributed by atoms with Crippen LogP contribution in [0.5, 0.6) is 5.75 Å². The molecule has 0 unspecified atom stereocenters. The van der Waals surface area contributed by atoms with Crippen LogP contribution in [0.25, 0.3) is 11.1 Å². The van der Waals surface area contributed by atoms with Crippen LogP contribution in [-0.2, 0) is 4.79 Å². The van der Waals surface area contributed by atoms with Gasteiger partial charge in [0, 0.05) is 12.3 Å². The van der Waals surface area contributed by atoms with Gasteiger partial charge in [-0.15, -0.1) is 0 Å². The molecule has 0 spiro atoms. The Labute approximate surface area is 207 Å². The first-order valence-electron chi connectivity index (χ1n) is 12.5. The third-order valence-corrected chi connectivity index (χ3v) is 6.44. The lowest BCUT2D eigenvalue weighted by Gasteiger charge is -2.25. The number of rotatable bonds is 9. The summed E-state index contributed by atoms with van der Waals surface area (Å²) in [5, 5.41) is 22.4. The molecule has 1 heterocycles. The molecule has 0 aliphatic carbocycles. The van der Waals surface area contributed by atoms with Crippen LogP contribution in [0.3, 0.4) is 0 Å². The zero-order chi connectivity index (χ0) is 24.5. The Hall–Kier alpha value is -3.41. The van der Waals surface area contributed by atoms with Crippen molar-refractivity contribution in [1.82, 2.24) is 4.90 Å². The van der Waals surface area contributed by atoms with Crippen molar-refractivity contribution >= 4 is 22.7 Å². The number of allylic oxidation sites excluding steroid dienone is 1. The van der Waals surface area contributed by atoms with E-state index in [1.54, 1.807) is 12.1 Å². The second-order valence-corrected chi connectivity index (χ2v) is 9.06. The number of piperidine rings is 1. The normalized spacial score (nSPS) is 14.9. The van der Waals surface area contributed by atoms with Gasteiger partial charge in [0.05, 0.1) is 6.54 Å². The van der Waals surface area contributed by atoms with Gasteiger partial charge in [0.15, 0.2) is 0 Å². The number of anilines is 1. The maximum absolute atomic E-state index is 12.6. The van der Waals surface area contributed by atoms with Crippen LogP contribution in [0, 0.1) is 0 Å². The number of likely N-dealkylation sites (tertiary alicyclic amines) is 1. The lowest BCUT2D eigenvalue weighted by Crippen LogP contribution is -2.36. The summed E-state index contributed by atoms with van der Waals surface area (Å²) in [7, 11) is 0. The molecule has 5 nitrogen and oxygen atoms in total. The number of carbonyl (C=O) groups excluding carboxylic acids is 1. The number of nitrogens with zero attached hydrogens (tertiary/aromatic N) is 1. The van der Waals surface area contributed by atoms with Crippen LogP contribution in [0.15, 0.2) is 78.9 Å². The van der Waals surface area contributed by atoms with E-state index in [0.29, 0.717) is 19.4 Å². The molecule has 3 N–H and O–H groups in total. The Morgan fingerprint density at radius 1 is 0.800 bits per heavy atom. The maximum Gasteiger partial charge on any atom is 0.238 e. The van der Waals surface area contributed by atoms with Crippen LogP contribution in [0.1, 0.15) is 48.8 Å². The predicted octanol–water partition coefficient (Wildman–Crippen LogP) is 5.55. The van der Waals surface area contributed by atoms with Crippen molar-refractivity contribution in [2.75, 3.05) is 31.6 Å². The van der Waals surface area contributed by atoms with E-state index in [2.05, 4.69) is 22.3 Å². The summed E-state index contributed by atoms with van der Waals surface area (Å²) >= 11 is 0. The van der Waals surface area contributed by atoms with Gasteiger partial charge in [0.1, 0.15) is 5.75 Å². The third kappa shape index (κ3) is 6.81. The largest absolute Gasteiger partial charge is 0.508 e. The van der Waals surface area contributed by atoms with Gasteiger partial charge in [-0.25, -0.2) is 0 Å². The molecule has 0 bridgehead atoms. The second-order valence-electron chi connectivity index (χ2n) is 9.06. The van der Waals surface area contributed by atoms with Crippen LogP contribution >= 0.6 is 0 Å². The van der Waals surface area contributed by atoms with Gasteiger partial charge in [0.25, 0.3) is 0 Å². The van der Waals surface area contributed by atoms with Gasteiger partial charge in [-0.3, -0.25) is 9.69 Å². The maximum atomic E-state index is 12.6. The molecule has 0 aromatic heterocycles. The van der Waals surface area contributed by atoms with Crippen LogP contribution in [0.2, 0.25) is 0 Å². The molecule has 1 amide bonds. The van der Waals surface area contributed by atoms with Crippen molar-refractivity contribution < 1.29 is 15.0 Å². The molecule has 0 atom stereocenters. The zero-order valence-electron chi connectivity index (χ0n) is 20.1. The molecule has 5 heteroatoms. The predicted molar refractivity (Wildman–Crippen MR) is 142 cm³/mol. The summed E-state index contributed by atoms with van der Waals surface area (Å²) < 4.78 is 0. The minimum atomic E-state index is 0.0156. The highest BCUT2D eigenvalue weighted by atomic mass is 16.3. The number of hydrogen-bond acceptors (Lipinski definition) is 4. The summed E-state index contributed by atoms with van der Waals surface area (Å²) in [6.07, 6.45) is 4.93. The van der Waals surface area contributed by atoms with Gasteiger partial charge < -0.3 is 15.5 Å². The summed E-state index contributed by atoms with van der Waals surface area (Å²) in [5.41, 5.74) is 6.06. The minimum Gasteiger partial charge on any atom is -0.508 e. The second kappa shape index (κ2) is 12.3. The summed E-state index contributed by atoms with van der Waals surface area (Å²) in [6, 6.07) is 25.4. The van der Waals surface area contributed by atoms with Crippen molar-refractivity contribution in [1.29, 1.82) is 0 Å². The standard InChI is InChI=1S/C30H34N2O3/c33-21-7-10-28(23-8-3-1-4-9-23)30(25-13-17-27(34)18-14-25)24-11-15-26(16-12-24)31-29(35)22-32-19-5-2-6-20-32/h1,3-4,8-9,11-18,33-34H,2,5-7,10,19-22H2,(H,31,35)/b30-28+. The first-order chi connectivity index (χ1) is 17.1. The molecule has 4 rings (SSSR count). The highest BCUT2D eigenvalue weighted by Gasteiger charge is 2.16. The van der Waals surface area contributed by atoms with Crippen molar-refractivity contribution in [2.24, 2.45) is 0 Å². The molecule has 35 heavy (non-hydrogen) atoms. The topological polar surface area (TPSA) is 72.8 Å². The first kappa shape index (κ1) is 24.7. The van der Waals surface area contributed by atoms with Crippen molar-refractivity contribution in [3.8, 4) is 5.75 Å². The van der Waals surface area contributed by atoms with Crippen LogP contribution in [-0.4, -0.2) is 47.3 Å². The number of phenols is 1. The lowest BCUT2D eigenvalue weighted by atomic mass is 9.87. The molecule has 182 valence electrons. The smallest absolute Gasteiger partial charge is 0.238 e. The number of aliphatic hydroxyl groups is 1. The van der Waals surface area contributed by atoms with Gasteiger partial charge >= 0.3 is 0 Å². The number of aromatic hydroxyl groups is 1. The van der Waals surface area contributed by atoms with Gasteiger partial charge in [-0.1, -0.05) is 61.0 Å². The highest BCUT2D eigenvalue weighted by Crippen LogP contribution is 2.36. The Bertz CT molecular complexity index is 1120. The molecule has 1 saturated heterocycles. The van der Waals surface area contributed by atoms with E-state index < -0.39 is 0 Å². The monoisotopic (exact) mass is 470 g/mol. The van der Waals surface area contributed by atoms with Gasteiger partial charge in [0.2, 0.25) is 5.91 Å².